The standard InChI is InChI=1S/C16H30N2O2/c1-4-18(14-8-6-5-7-9-14)12-16(2,15(19)20-3)17-13-10-11-13/h13-14,17H,4-12H2,1-3H3. The Kier molecular flexibility index (Phi) is 5.44. The fourth-order valence-electron chi connectivity index (χ4n) is 3.42. The fourth-order valence-corrected chi connectivity index (χ4v) is 3.42. The van der Waals surface area contributed by atoms with Crippen LogP contribution >= 0.6 is 0 Å². The molecule has 2 aliphatic carbocycles. The topological polar surface area (TPSA) is 41.6 Å². The molecule has 0 heterocycles. The van der Waals surface area contributed by atoms with Crippen LogP contribution in [0.1, 0.15) is 58.8 Å². The minimum Gasteiger partial charge on any atom is -0.468 e. The largest absolute Gasteiger partial charge is 0.468 e. The average molecular weight is 282 g/mol. The van der Waals surface area contributed by atoms with Gasteiger partial charge in [-0.3, -0.25) is 15.0 Å². The van der Waals surface area contributed by atoms with Crippen LogP contribution in [-0.2, 0) is 9.53 Å². The van der Waals surface area contributed by atoms with Crippen molar-refractivity contribution in [1.82, 2.24) is 10.2 Å². The van der Waals surface area contributed by atoms with Crippen molar-refractivity contribution in [2.24, 2.45) is 0 Å². The van der Waals surface area contributed by atoms with E-state index in [4.69, 9.17) is 4.74 Å². The van der Waals surface area contributed by atoms with Crippen molar-refractivity contribution >= 4 is 5.97 Å². The number of carbonyl (C=O) groups excluding carboxylic acids is 1. The van der Waals surface area contributed by atoms with Gasteiger partial charge in [0, 0.05) is 18.6 Å². The number of hydrogen-bond acceptors (Lipinski definition) is 4. The Morgan fingerprint density at radius 3 is 2.40 bits per heavy atom. The molecule has 116 valence electrons. The van der Waals surface area contributed by atoms with E-state index in [0.29, 0.717) is 12.1 Å². The van der Waals surface area contributed by atoms with Crippen molar-refractivity contribution in [1.29, 1.82) is 0 Å². The van der Waals surface area contributed by atoms with Gasteiger partial charge in [0.25, 0.3) is 0 Å². The van der Waals surface area contributed by atoms with E-state index in [-0.39, 0.29) is 5.97 Å². The summed E-state index contributed by atoms with van der Waals surface area (Å²) in [5, 5.41) is 3.51. The van der Waals surface area contributed by atoms with Gasteiger partial charge in [-0.25, -0.2) is 0 Å². The summed E-state index contributed by atoms with van der Waals surface area (Å²) in [5.41, 5.74) is -0.566. The molecule has 1 atom stereocenters. The van der Waals surface area contributed by atoms with Crippen LogP contribution in [0.5, 0.6) is 0 Å². The first-order valence-electron chi connectivity index (χ1n) is 8.19. The summed E-state index contributed by atoms with van der Waals surface area (Å²) < 4.78 is 5.05. The maximum atomic E-state index is 12.2. The molecular formula is C16H30N2O2. The predicted octanol–water partition coefficient (Wildman–Crippen LogP) is 2.32. The van der Waals surface area contributed by atoms with Gasteiger partial charge >= 0.3 is 5.97 Å². The van der Waals surface area contributed by atoms with Crippen LogP contribution in [0.3, 0.4) is 0 Å². The van der Waals surface area contributed by atoms with Crippen molar-refractivity contribution in [2.75, 3.05) is 20.2 Å². The Balaban J connectivity index is 2.01. The maximum Gasteiger partial charge on any atom is 0.327 e. The molecule has 20 heavy (non-hydrogen) atoms. The first-order chi connectivity index (χ1) is 9.59. The molecule has 0 spiro atoms. The van der Waals surface area contributed by atoms with Gasteiger partial charge < -0.3 is 4.74 Å². The number of rotatable bonds is 7. The smallest absolute Gasteiger partial charge is 0.327 e. The van der Waals surface area contributed by atoms with Crippen molar-refractivity contribution in [3.8, 4) is 0 Å². The number of nitrogens with zero attached hydrogens (tertiary/aromatic N) is 1. The Bertz CT molecular complexity index is 324. The Morgan fingerprint density at radius 1 is 1.25 bits per heavy atom. The van der Waals surface area contributed by atoms with Crippen molar-refractivity contribution < 1.29 is 9.53 Å². The van der Waals surface area contributed by atoms with Gasteiger partial charge in [-0.2, -0.15) is 0 Å². The predicted molar refractivity (Wildman–Crippen MR) is 80.7 cm³/mol. The maximum absolute atomic E-state index is 12.2. The highest BCUT2D eigenvalue weighted by molar-refractivity contribution is 5.80. The van der Waals surface area contributed by atoms with Crippen LogP contribution in [0.4, 0.5) is 0 Å². The summed E-state index contributed by atoms with van der Waals surface area (Å²) in [6.45, 7) is 5.97. The molecule has 2 aliphatic rings. The number of carbonyl (C=O) groups is 1. The van der Waals surface area contributed by atoms with Crippen LogP contribution in [0.15, 0.2) is 0 Å². The number of hydrogen-bond donors (Lipinski definition) is 1. The highest BCUT2D eigenvalue weighted by Crippen LogP contribution is 2.27. The minimum atomic E-state index is -0.566. The summed E-state index contributed by atoms with van der Waals surface area (Å²) in [4.78, 5) is 14.7. The summed E-state index contributed by atoms with van der Waals surface area (Å²) in [5.74, 6) is -0.126. The summed E-state index contributed by atoms with van der Waals surface area (Å²) >= 11 is 0. The second-order valence-corrected chi connectivity index (χ2v) is 6.60. The molecule has 2 rings (SSSR count). The van der Waals surface area contributed by atoms with Crippen molar-refractivity contribution in [3.05, 3.63) is 0 Å². The minimum absolute atomic E-state index is 0.126. The molecule has 2 fully saturated rings. The normalized spacial score (nSPS) is 23.6. The van der Waals surface area contributed by atoms with Crippen molar-refractivity contribution in [2.45, 2.75) is 76.4 Å². The third kappa shape index (κ3) is 3.95. The molecule has 0 aromatic carbocycles. The lowest BCUT2D eigenvalue weighted by atomic mass is 9.92. The zero-order chi connectivity index (χ0) is 14.6. The van der Waals surface area contributed by atoms with Gasteiger partial charge in [0.1, 0.15) is 5.54 Å². The van der Waals surface area contributed by atoms with Crippen LogP contribution in [0.2, 0.25) is 0 Å². The van der Waals surface area contributed by atoms with E-state index in [2.05, 4.69) is 17.1 Å². The van der Waals surface area contributed by atoms with Gasteiger partial charge in [0.15, 0.2) is 0 Å². The van der Waals surface area contributed by atoms with Gasteiger partial charge in [-0.15, -0.1) is 0 Å². The van der Waals surface area contributed by atoms with Crippen molar-refractivity contribution in [3.63, 3.8) is 0 Å². The zero-order valence-corrected chi connectivity index (χ0v) is 13.3. The lowest BCUT2D eigenvalue weighted by Gasteiger charge is -2.39. The van der Waals surface area contributed by atoms with E-state index >= 15 is 0 Å². The number of ether oxygens (including phenoxy) is 1. The molecule has 1 unspecified atom stereocenters. The highest BCUT2D eigenvalue weighted by atomic mass is 16.5. The molecule has 0 aromatic rings. The number of esters is 1. The molecular weight excluding hydrogens is 252 g/mol. The number of nitrogens with one attached hydrogen (secondary N) is 1. The third-order valence-corrected chi connectivity index (χ3v) is 4.75. The zero-order valence-electron chi connectivity index (χ0n) is 13.3. The van der Waals surface area contributed by atoms with E-state index < -0.39 is 5.54 Å². The second kappa shape index (κ2) is 6.90. The first kappa shape index (κ1) is 15.8. The Hall–Kier alpha value is -0.610. The van der Waals surface area contributed by atoms with Crippen LogP contribution in [-0.4, -0.2) is 48.7 Å². The van der Waals surface area contributed by atoms with E-state index in [1.54, 1.807) is 0 Å². The lowest BCUT2D eigenvalue weighted by molar-refractivity contribution is -0.149. The molecule has 2 saturated carbocycles. The molecule has 0 radical (unpaired) electrons. The third-order valence-electron chi connectivity index (χ3n) is 4.75. The van der Waals surface area contributed by atoms with Gasteiger partial charge in [-0.05, 0) is 39.2 Å². The molecule has 0 aromatic heterocycles. The Morgan fingerprint density at radius 2 is 1.90 bits per heavy atom. The van der Waals surface area contributed by atoms with E-state index in [0.717, 1.165) is 13.1 Å². The molecule has 0 saturated heterocycles. The number of likely N-dealkylation sites (N-methyl/N-ethyl adjacent to an activating group) is 1. The monoisotopic (exact) mass is 282 g/mol. The highest BCUT2D eigenvalue weighted by Gasteiger charge is 2.41. The quantitative estimate of drug-likeness (QED) is 0.728. The molecule has 1 N–H and O–H groups in total. The van der Waals surface area contributed by atoms with Crippen LogP contribution < -0.4 is 5.32 Å². The molecule has 4 heteroatoms. The molecule has 4 nitrogen and oxygen atoms in total. The van der Waals surface area contributed by atoms with Crippen LogP contribution in [0, 0.1) is 0 Å². The SMILES string of the molecule is CCN(CC(C)(NC1CC1)C(=O)OC)C1CCCCC1. The lowest BCUT2D eigenvalue weighted by Crippen LogP contribution is -2.59. The molecule has 0 bridgehead atoms. The molecule has 0 amide bonds. The second-order valence-electron chi connectivity index (χ2n) is 6.60. The van der Waals surface area contributed by atoms with Gasteiger partial charge in [-0.1, -0.05) is 26.2 Å². The summed E-state index contributed by atoms with van der Waals surface area (Å²) in [6.07, 6.45) is 8.92. The molecule has 0 aliphatic heterocycles. The summed E-state index contributed by atoms with van der Waals surface area (Å²) in [7, 11) is 1.49. The van der Waals surface area contributed by atoms with Gasteiger partial charge in [0.05, 0.1) is 7.11 Å². The number of methoxy groups -OCH3 is 1. The fraction of sp³-hybridized carbons (Fsp3) is 0.938. The van der Waals surface area contributed by atoms with E-state index in [1.165, 1.54) is 52.1 Å². The van der Waals surface area contributed by atoms with E-state index in [9.17, 15) is 4.79 Å². The average Bonchev–Trinajstić information content (AvgIpc) is 3.28. The first-order valence-corrected chi connectivity index (χ1v) is 8.19. The summed E-state index contributed by atoms with van der Waals surface area (Å²) in [6, 6.07) is 1.14. The Labute approximate surface area is 123 Å². The van der Waals surface area contributed by atoms with E-state index in [1.807, 2.05) is 6.92 Å². The van der Waals surface area contributed by atoms with Crippen LogP contribution in [0.25, 0.3) is 0 Å². The van der Waals surface area contributed by atoms with Gasteiger partial charge in [0.2, 0.25) is 0 Å².